The largest absolute Gasteiger partial charge is 0.364 e. The number of sulfone groups is 1. The summed E-state index contributed by atoms with van der Waals surface area (Å²) in [5.74, 6) is -1.04. The molecule has 0 spiro atoms. The SMILES string of the molecule is CN1N=C(C(N)=O)S(=O)(=O)c2ccsc21. The Labute approximate surface area is 89.9 Å². The second kappa shape index (κ2) is 3.04. The van der Waals surface area contributed by atoms with Gasteiger partial charge in [0.2, 0.25) is 14.9 Å². The van der Waals surface area contributed by atoms with Gasteiger partial charge in [-0.1, -0.05) is 0 Å². The van der Waals surface area contributed by atoms with E-state index in [-0.39, 0.29) is 4.90 Å². The molecule has 80 valence electrons. The van der Waals surface area contributed by atoms with Crippen molar-refractivity contribution in [2.75, 3.05) is 12.1 Å². The van der Waals surface area contributed by atoms with Crippen molar-refractivity contribution in [2.45, 2.75) is 4.90 Å². The van der Waals surface area contributed by atoms with E-state index in [1.807, 2.05) is 0 Å². The van der Waals surface area contributed by atoms with E-state index in [2.05, 4.69) is 5.10 Å². The second-order valence-electron chi connectivity index (χ2n) is 2.89. The Morgan fingerprint density at radius 3 is 2.87 bits per heavy atom. The summed E-state index contributed by atoms with van der Waals surface area (Å²) in [6, 6.07) is 1.43. The Hall–Kier alpha value is -1.41. The van der Waals surface area contributed by atoms with Gasteiger partial charge in [-0.25, -0.2) is 8.42 Å². The number of hydrogen-bond acceptors (Lipinski definition) is 6. The first-order valence-corrected chi connectivity index (χ1v) is 6.25. The lowest BCUT2D eigenvalue weighted by Crippen LogP contribution is -2.36. The smallest absolute Gasteiger partial charge is 0.281 e. The van der Waals surface area contributed by atoms with Crippen LogP contribution in [0.5, 0.6) is 0 Å². The van der Waals surface area contributed by atoms with Gasteiger partial charge in [-0.15, -0.1) is 11.3 Å². The molecule has 8 heteroatoms. The summed E-state index contributed by atoms with van der Waals surface area (Å²) in [5, 5.41) is 6.47. The average Bonchev–Trinajstić information content (AvgIpc) is 2.60. The molecule has 1 aliphatic heterocycles. The molecule has 6 nitrogen and oxygen atoms in total. The molecule has 0 aromatic carbocycles. The van der Waals surface area contributed by atoms with Crippen LogP contribution >= 0.6 is 11.3 Å². The van der Waals surface area contributed by atoms with Crippen molar-refractivity contribution in [3.8, 4) is 0 Å². The number of fused-ring (bicyclic) bond motifs is 1. The van der Waals surface area contributed by atoms with Crippen LogP contribution in [-0.2, 0) is 14.6 Å². The van der Waals surface area contributed by atoms with Crippen LogP contribution in [-0.4, -0.2) is 26.4 Å². The van der Waals surface area contributed by atoms with E-state index >= 15 is 0 Å². The van der Waals surface area contributed by atoms with Crippen LogP contribution in [0.15, 0.2) is 21.4 Å². The molecule has 0 radical (unpaired) electrons. The summed E-state index contributed by atoms with van der Waals surface area (Å²) in [6.07, 6.45) is 0. The minimum absolute atomic E-state index is 0.0822. The van der Waals surface area contributed by atoms with Gasteiger partial charge in [0, 0.05) is 7.05 Å². The normalized spacial score (nSPS) is 18.2. The highest BCUT2D eigenvalue weighted by Crippen LogP contribution is 2.35. The quantitative estimate of drug-likeness (QED) is 0.739. The lowest BCUT2D eigenvalue weighted by atomic mass is 10.6. The van der Waals surface area contributed by atoms with Gasteiger partial charge >= 0.3 is 0 Å². The molecule has 2 heterocycles. The first kappa shape index (κ1) is 10.1. The Kier molecular flexibility index (Phi) is 2.05. The molecule has 1 amide bonds. The number of nitrogens with zero attached hydrogens (tertiary/aromatic N) is 2. The number of thiophene rings is 1. The van der Waals surface area contributed by atoms with Gasteiger partial charge < -0.3 is 5.73 Å². The van der Waals surface area contributed by atoms with Gasteiger partial charge in [-0.2, -0.15) is 5.10 Å². The number of anilines is 1. The molecule has 0 fully saturated rings. The molecule has 0 saturated carbocycles. The molecular weight excluding hydrogens is 238 g/mol. The Morgan fingerprint density at radius 2 is 2.27 bits per heavy atom. The molecule has 1 aliphatic rings. The number of hydrazone groups is 1. The molecule has 0 atom stereocenters. The third-order valence-electron chi connectivity index (χ3n) is 1.90. The number of amides is 1. The van der Waals surface area contributed by atoms with Crippen LogP contribution in [0.1, 0.15) is 0 Å². The number of rotatable bonds is 1. The first-order valence-electron chi connectivity index (χ1n) is 3.89. The number of nitrogens with two attached hydrogens (primary N) is 1. The van der Waals surface area contributed by atoms with Crippen LogP contribution in [0.2, 0.25) is 0 Å². The molecular formula is C7H7N3O3S2. The van der Waals surface area contributed by atoms with E-state index in [0.717, 1.165) is 0 Å². The lowest BCUT2D eigenvalue weighted by Gasteiger charge is -2.19. The van der Waals surface area contributed by atoms with Crippen LogP contribution < -0.4 is 10.7 Å². The summed E-state index contributed by atoms with van der Waals surface area (Å²) in [5.41, 5.74) is 4.96. The van der Waals surface area contributed by atoms with Gasteiger partial charge in [-0.05, 0) is 11.4 Å². The Balaban J connectivity index is 2.73. The Bertz CT molecular complexity index is 558. The fourth-order valence-electron chi connectivity index (χ4n) is 1.25. The molecule has 0 bridgehead atoms. The van der Waals surface area contributed by atoms with Crippen molar-refractivity contribution in [1.29, 1.82) is 0 Å². The molecule has 2 N–H and O–H groups in total. The van der Waals surface area contributed by atoms with Gasteiger partial charge in [0.25, 0.3) is 5.91 Å². The van der Waals surface area contributed by atoms with E-state index in [0.29, 0.717) is 5.00 Å². The van der Waals surface area contributed by atoms with Crippen molar-refractivity contribution >= 4 is 37.1 Å². The maximum absolute atomic E-state index is 11.8. The fraction of sp³-hybridized carbons (Fsp3) is 0.143. The zero-order chi connectivity index (χ0) is 11.2. The van der Waals surface area contributed by atoms with Crippen LogP contribution in [0.3, 0.4) is 0 Å². The predicted molar refractivity (Wildman–Crippen MR) is 56.5 cm³/mol. The minimum Gasteiger partial charge on any atom is -0.364 e. The lowest BCUT2D eigenvalue weighted by molar-refractivity contribution is -0.111. The highest BCUT2D eigenvalue weighted by Gasteiger charge is 2.35. The molecule has 2 rings (SSSR count). The Morgan fingerprint density at radius 1 is 1.60 bits per heavy atom. The maximum Gasteiger partial charge on any atom is 0.281 e. The van der Waals surface area contributed by atoms with Crippen molar-refractivity contribution in [1.82, 2.24) is 0 Å². The van der Waals surface area contributed by atoms with E-state index in [1.165, 1.54) is 22.4 Å². The van der Waals surface area contributed by atoms with Gasteiger partial charge in [0.05, 0.1) is 0 Å². The van der Waals surface area contributed by atoms with Gasteiger partial charge in [-0.3, -0.25) is 9.80 Å². The zero-order valence-electron chi connectivity index (χ0n) is 7.67. The van der Waals surface area contributed by atoms with Crippen LogP contribution in [0, 0.1) is 0 Å². The van der Waals surface area contributed by atoms with Crippen LogP contribution in [0.4, 0.5) is 5.00 Å². The van der Waals surface area contributed by atoms with E-state index < -0.39 is 20.8 Å². The highest BCUT2D eigenvalue weighted by molar-refractivity contribution is 8.08. The summed E-state index contributed by atoms with van der Waals surface area (Å²) >= 11 is 1.24. The topological polar surface area (TPSA) is 92.8 Å². The van der Waals surface area contributed by atoms with E-state index in [9.17, 15) is 13.2 Å². The summed E-state index contributed by atoms with van der Waals surface area (Å²) in [4.78, 5) is 11.0. The van der Waals surface area contributed by atoms with Crippen molar-refractivity contribution in [3.63, 3.8) is 0 Å². The van der Waals surface area contributed by atoms with Crippen molar-refractivity contribution in [2.24, 2.45) is 10.8 Å². The summed E-state index contributed by atoms with van der Waals surface area (Å²) < 4.78 is 23.6. The van der Waals surface area contributed by atoms with Crippen molar-refractivity contribution in [3.05, 3.63) is 11.4 Å². The zero-order valence-corrected chi connectivity index (χ0v) is 9.30. The molecule has 1 aromatic rings. The van der Waals surface area contributed by atoms with E-state index in [1.54, 1.807) is 12.4 Å². The maximum atomic E-state index is 11.8. The molecule has 0 unspecified atom stereocenters. The number of carbonyl (C=O) groups is 1. The molecule has 0 aliphatic carbocycles. The molecule has 1 aromatic heterocycles. The number of hydrogen-bond donors (Lipinski definition) is 1. The predicted octanol–water partition coefficient (Wildman–Crippen LogP) is -0.230. The second-order valence-corrected chi connectivity index (χ2v) is 5.61. The van der Waals surface area contributed by atoms with Gasteiger partial charge in [0.15, 0.2) is 0 Å². The van der Waals surface area contributed by atoms with Gasteiger partial charge in [0.1, 0.15) is 9.90 Å². The molecule has 15 heavy (non-hydrogen) atoms. The first-order chi connectivity index (χ1) is 6.94. The average molecular weight is 245 g/mol. The summed E-state index contributed by atoms with van der Waals surface area (Å²) in [6.45, 7) is 0. The highest BCUT2D eigenvalue weighted by atomic mass is 32.2. The van der Waals surface area contributed by atoms with Crippen molar-refractivity contribution < 1.29 is 13.2 Å². The fourth-order valence-corrected chi connectivity index (χ4v) is 3.83. The standard InChI is InChI=1S/C7H7N3O3S2/c1-10-7-4(2-3-14-7)15(12,13)6(9-10)5(8)11/h2-3H,1H3,(H2,8,11). The number of primary amides is 1. The summed E-state index contributed by atoms with van der Waals surface area (Å²) in [7, 11) is -2.27. The third kappa shape index (κ3) is 1.33. The third-order valence-corrected chi connectivity index (χ3v) is 4.71. The minimum atomic E-state index is -3.83. The monoisotopic (exact) mass is 245 g/mol. The van der Waals surface area contributed by atoms with Crippen LogP contribution in [0.25, 0.3) is 0 Å². The van der Waals surface area contributed by atoms with E-state index in [4.69, 9.17) is 5.73 Å². The number of carbonyl (C=O) groups excluding carboxylic acids is 1. The molecule has 0 saturated heterocycles.